The van der Waals surface area contributed by atoms with Gasteiger partial charge < -0.3 is 5.32 Å². The quantitative estimate of drug-likeness (QED) is 0.852. The summed E-state index contributed by atoms with van der Waals surface area (Å²) < 4.78 is 24.2. The minimum absolute atomic E-state index is 0.0449. The van der Waals surface area contributed by atoms with Crippen molar-refractivity contribution < 1.29 is 13.2 Å². The summed E-state index contributed by atoms with van der Waals surface area (Å²) in [5.74, 6) is -0.199. The van der Waals surface area contributed by atoms with Crippen LogP contribution in [0, 0.1) is 13.8 Å². The maximum Gasteiger partial charge on any atom is 0.255 e. The fraction of sp³-hybridized carbons (Fsp3) is 0.333. The molecule has 3 N–H and O–H groups in total. The average molecular weight is 336 g/mol. The number of aryl methyl sites for hydroxylation is 2. The Kier molecular flexibility index (Phi) is 4.86. The summed E-state index contributed by atoms with van der Waals surface area (Å²) in [4.78, 5) is 12.4. The van der Waals surface area contributed by atoms with Crippen molar-refractivity contribution in [1.82, 2.24) is 15.1 Å². The minimum atomic E-state index is -3.70. The second kappa shape index (κ2) is 6.51. The van der Waals surface area contributed by atoms with Gasteiger partial charge in [0.05, 0.1) is 16.2 Å². The molecular weight excluding hydrogens is 316 g/mol. The molecule has 2 rings (SSSR count). The van der Waals surface area contributed by atoms with Crippen molar-refractivity contribution in [3.05, 3.63) is 46.8 Å². The molecule has 0 unspecified atom stereocenters. The normalized spacial score (nSPS) is 11.5. The molecule has 0 aliphatic carbocycles. The molecule has 1 aromatic heterocycles. The van der Waals surface area contributed by atoms with E-state index in [-0.39, 0.29) is 10.8 Å². The first kappa shape index (κ1) is 17.2. The topological polar surface area (TPSA) is 107 Å². The van der Waals surface area contributed by atoms with Crippen molar-refractivity contribution in [2.24, 2.45) is 5.14 Å². The standard InChI is InChI=1S/C15H20N4O3S/c1-4-19-11(3)14(10(2)18-19)15(20)17-9-12-5-7-13(8-6-12)23(16,21)22/h5-8H,4,9H2,1-3H3,(H,17,20)(H2,16,21,22). The van der Waals surface area contributed by atoms with Crippen LogP contribution in [0.1, 0.15) is 34.2 Å². The summed E-state index contributed by atoms with van der Waals surface area (Å²) in [6, 6.07) is 6.08. The lowest BCUT2D eigenvalue weighted by Crippen LogP contribution is -2.24. The van der Waals surface area contributed by atoms with Crippen molar-refractivity contribution >= 4 is 15.9 Å². The summed E-state index contributed by atoms with van der Waals surface area (Å²) in [5, 5.41) is 12.2. The predicted molar refractivity (Wildman–Crippen MR) is 86.4 cm³/mol. The fourth-order valence-electron chi connectivity index (χ4n) is 2.40. The highest BCUT2D eigenvalue weighted by atomic mass is 32.2. The number of sulfonamides is 1. The third kappa shape index (κ3) is 3.77. The molecule has 1 heterocycles. The number of rotatable bonds is 5. The molecule has 7 nitrogen and oxygen atoms in total. The van der Waals surface area contributed by atoms with Crippen LogP contribution in [0.2, 0.25) is 0 Å². The van der Waals surface area contributed by atoms with Gasteiger partial charge in [-0.1, -0.05) is 12.1 Å². The zero-order chi connectivity index (χ0) is 17.2. The Morgan fingerprint density at radius 2 is 1.87 bits per heavy atom. The van der Waals surface area contributed by atoms with Gasteiger partial charge in [-0.2, -0.15) is 5.10 Å². The third-order valence-electron chi connectivity index (χ3n) is 3.61. The van der Waals surface area contributed by atoms with Crippen LogP contribution in [-0.4, -0.2) is 24.1 Å². The van der Waals surface area contributed by atoms with Gasteiger partial charge in [-0.05, 0) is 38.5 Å². The van der Waals surface area contributed by atoms with E-state index in [4.69, 9.17) is 5.14 Å². The van der Waals surface area contributed by atoms with Crippen LogP contribution in [0.4, 0.5) is 0 Å². The van der Waals surface area contributed by atoms with Crippen LogP contribution in [0.25, 0.3) is 0 Å². The number of carbonyl (C=O) groups is 1. The van der Waals surface area contributed by atoms with Gasteiger partial charge in [-0.15, -0.1) is 0 Å². The molecule has 0 atom stereocenters. The summed E-state index contributed by atoms with van der Waals surface area (Å²) >= 11 is 0. The highest BCUT2D eigenvalue weighted by molar-refractivity contribution is 7.89. The SMILES string of the molecule is CCn1nc(C)c(C(=O)NCc2ccc(S(N)(=O)=O)cc2)c1C. The largest absolute Gasteiger partial charge is 0.348 e. The highest BCUT2D eigenvalue weighted by Gasteiger charge is 2.17. The van der Waals surface area contributed by atoms with Crippen molar-refractivity contribution in [1.29, 1.82) is 0 Å². The van der Waals surface area contributed by atoms with Gasteiger partial charge in [0.25, 0.3) is 5.91 Å². The van der Waals surface area contributed by atoms with E-state index >= 15 is 0 Å². The maximum atomic E-state index is 12.3. The van der Waals surface area contributed by atoms with E-state index in [1.807, 2.05) is 13.8 Å². The molecule has 8 heteroatoms. The molecule has 0 saturated carbocycles. The molecule has 0 aliphatic rings. The number of primary sulfonamides is 1. The van der Waals surface area contributed by atoms with E-state index in [1.54, 1.807) is 23.7 Å². The van der Waals surface area contributed by atoms with E-state index in [9.17, 15) is 13.2 Å². The zero-order valence-corrected chi connectivity index (χ0v) is 14.1. The molecule has 1 amide bonds. The monoisotopic (exact) mass is 336 g/mol. The molecule has 0 aliphatic heterocycles. The van der Waals surface area contributed by atoms with E-state index in [2.05, 4.69) is 10.4 Å². The smallest absolute Gasteiger partial charge is 0.255 e. The Balaban J connectivity index is 2.09. The number of nitrogens with zero attached hydrogens (tertiary/aromatic N) is 2. The Labute approximate surface area is 135 Å². The molecule has 0 fully saturated rings. The summed E-state index contributed by atoms with van der Waals surface area (Å²) in [5.41, 5.74) is 2.87. The molecule has 0 spiro atoms. The van der Waals surface area contributed by atoms with Gasteiger partial charge in [0, 0.05) is 18.8 Å². The minimum Gasteiger partial charge on any atom is -0.348 e. The van der Waals surface area contributed by atoms with Crippen molar-refractivity contribution in [3.8, 4) is 0 Å². The fourth-order valence-corrected chi connectivity index (χ4v) is 2.92. The number of aromatic nitrogens is 2. The van der Waals surface area contributed by atoms with Crippen LogP contribution < -0.4 is 10.5 Å². The van der Waals surface area contributed by atoms with Gasteiger partial charge in [0.1, 0.15) is 0 Å². The van der Waals surface area contributed by atoms with Gasteiger partial charge in [0.2, 0.25) is 10.0 Å². The predicted octanol–water partition coefficient (Wildman–Crippen LogP) is 1.10. The zero-order valence-electron chi connectivity index (χ0n) is 13.3. The first-order chi connectivity index (χ1) is 10.7. The van der Waals surface area contributed by atoms with Gasteiger partial charge >= 0.3 is 0 Å². The second-order valence-corrected chi connectivity index (χ2v) is 6.79. The van der Waals surface area contributed by atoms with Crippen molar-refractivity contribution in [2.45, 2.75) is 38.8 Å². The third-order valence-corrected chi connectivity index (χ3v) is 4.54. The van der Waals surface area contributed by atoms with Crippen LogP contribution in [0.15, 0.2) is 29.2 Å². The maximum absolute atomic E-state index is 12.3. The lowest BCUT2D eigenvalue weighted by Gasteiger charge is -2.07. The van der Waals surface area contributed by atoms with Crippen LogP contribution in [0.3, 0.4) is 0 Å². The Hall–Kier alpha value is -2.19. The summed E-state index contributed by atoms with van der Waals surface area (Å²) in [6.45, 7) is 6.62. The summed E-state index contributed by atoms with van der Waals surface area (Å²) in [6.07, 6.45) is 0. The lowest BCUT2D eigenvalue weighted by atomic mass is 10.1. The number of carbonyl (C=O) groups excluding carboxylic acids is 1. The Morgan fingerprint density at radius 3 is 2.35 bits per heavy atom. The second-order valence-electron chi connectivity index (χ2n) is 5.23. The molecule has 0 bridgehead atoms. The first-order valence-electron chi connectivity index (χ1n) is 7.18. The van der Waals surface area contributed by atoms with Crippen molar-refractivity contribution in [2.75, 3.05) is 0 Å². The molecule has 0 saturated heterocycles. The highest BCUT2D eigenvalue weighted by Crippen LogP contribution is 2.13. The first-order valence-corrected chi connectivity index (χ1v) is 8.72. The molecule has 124 valence electrons. The van der Waals surface area contributed by atoms with Crippen LogP contribution in [-0.2, 0) is 23.1 Å². The number of nitrogens with two attached hydrogens (primary N) is 1. The van der Waals surface area contributed by atoms with Crippen molar-refractivity contribution in [3.63, 3.8) is 0 Å². The van der Waals surface area contributed by atoms with E-state index in [1.165, 1.54) is 12.1 Å². The van der Waals surface area contributed by atoms with Crippen LogP contribution in [0.5, 0.6) is 0 Å². The Bertz CT molecular complexity index is 823. The molecule has 23 heavy (non-hydrogen) atoms. The molecule has 1 aromatic carbocycles. The Morgan fingerprint density at radius 1 is 1.26 bits per heavy atom. The lowest BCUT2D eigenvalue weighted by molar-refractivity contribution is 0.0949. The van der Waals surface area contributed by atoms with E-state index < -0.39 is 10.0 Å². The number of benzene rings is 1. The number of hydrogen-bond acceptors (Lipinski definition) is 4. The number of amides is 1. The van der Waals surface area contributed by atoms with E-state index in [0.717, 1.165) is 11.3 Å². The van der Waals surface area contributed by atoms with Gasteiger partial charge in [-0.3, -0.25) is 9.48 Å². The van der Waals surface area contributed by atoms with E-state index in [0.29, 0.717) is 24.3 Å². The molecular formula is C15H20N4O3S. The van der Waals surface area contributed by atoms with Gasteiger partial charge in [0.15, 0.2) is 0 Å². The summed E-state index contributed by atoms with van der Waals surface area (Å²) in [7, 11) is -3.70. The number of hydrogen-bond donors (Lipinski definition) is 2. The molecule has 2 aromatic rings. The number of nitrogens with one attached hydrogen (secondary N) is 1. The van der Waals surface area contributed by atoms with Crippen LogP contribution >= 0.6 is 0 Å². The molecule has 0 radical (unpaired) electrons. The average Bonchev–Trinajstić information content (AvgIpc) is 2.78. The van der Waals surface area contributed by atoms with Gasteiger partial charge in [-0.25, -0.2) is 13.6 Å².